The Morgan fingerprint density at radius 2 is 1.82 bits per heavy atom. The van der Waals surface area contributed by atoms with Gasteiger partial charge in [-0.3, -0.25) is 9.59 Å². The van der Waals surface area contributed by atoms with Crippen LogP contribution in [0.3, 0.4) is 0 Å². The van der Waals surface area contributed by atoms with Crippen molar-refractivity contribution in [3.8, 4) is 11.5 Å². The van der Waals surface area contributed by atoms with E-state index >= 15 is 0 Å². The number of benzene rings is 2. The molecule has 0 aliphatic carbocycles. The summed E-state index contributed by atoms with van der Waals surface area (Å²) in [6.45, 7) is -0.517. The lowest BCUT2D eigenvalue weighted by Crippen LogP contribution is -2.38. The summed E-state index contributed by atoms with van der Waals surface area (Å²) in [5.74, 6) is -1.24. The Morgan fingerprint density at radius 3 is 2.53 bits per heavy atom. The maximum atomic E-state index is 13.0. The quantitative estimate of drug-likeness (QED) is 0.248. The van der Waals surface area contributed by atoms with Gasteiger partial charge in [-0.2, -0.15) is 0 Å². The fourth-order valence-electron chi connectivity index (χ4n) is 3.47. The monoisotopic (exact) mass is 523 g/mol. The minimum atomic E-state index is -0.757. The highest BCUT2D eigenvalue weighted by molar-refractivity contribution is 6.16. The minimum Gasteiger partial charge on any atom is -0.493 e. The van der Waals surface area contributed by atoms with Crippen molar-refractivity contribution in [2.75, 3.05) is 26.1 Å². The van der Waals surface area contributed by atoms with Gasteiger partial charge in [0.05, 0.1) is 14.2 Å². The second kappa shape index (κ2) is 11.3. The van der Waals surface area contributed by atoms with Gasteiger partial charge in [0.2, 0.25) is 11.7 Å². The molecule has 0 atom stereocenters. The van der Waals surface area contributed by atoms with Crippen LogP contribution < -0.4 is 20.1 Å². The van der Waals surface area contributed by atoms with Gasteiger partial charge in [-0.1, -0.05) is 6.07 Å². The topological polar surface area (TPSA) is 136 Å². The summed E-state index contributed by atoms with van der Waals surface area (Å²) in [7, 11) is 2.68. The third-order valence-electron chi connectivity index (χ3n) is 5.31. The van der Waals surface area contributed by atoms with Crippen molar-refractivity contribution < 1.29 is 42.2 Å². The first kappa shape index (κ1) is 25.9. The van der Waals surface area contributed by atoms with Crippen LogP contribution in [0.1, 0.15) is 21.9 Å². The second-order valence-corrected chi connectivity index (χ2v) is 7.89. The number of rotatable bonds is 9. The first-order valence-corrected chi connectivity index (χ1v) is 11.1. The van der Waals surface area contributed by atoms with Gasteiger partial charge in [-0.05, 0) is 60.2 Å². The highest BCUT2D eigenvalue weighted by Crippen LogP contribution is 2.30. The number of anilines is 1. The number of nitrogens with zero attached hydrogens (tertiary/aromatic N) is 1. The number of ether oxygens (including phenoxy) is 3. The number of hydrogen-bond acceptors (Lipinski definition) is 8. The minimum absolute atomic E-state index is 0.0112. The number of urea groups is 1. The molecule has 1 aliphatic heterocycles. The summed E-state index contributed by atoms with van der Waals surface area (Å²) < 4.78 is 34.1. The van der Waals surface area contributed by atoms with Gasteiger partial charge in [-0.25, -0.2) is 18.9 Å². The first-order chi connectivity index (χ1) is 18.3. The number of esters is 1. The Hall–Kier alpha value is -5.13. The molecule has 196 valence electrons. The van der Waals surface area contributed by atoms with E-state index in [1.165, 1.54) is 50.6 Å². The summed E-state index contributed by atoms with van der Waals surface area (Å²) in [4.78, 5) is 49.6. The number of imide groups is 1. The molecule has 12 heteroatoms. The normalized spacial score (nSPS) is 13.9. The first-order valence-electron chi connectivity index (χ1n) is 11.1. The van der Waals surface area contributed by atoms with Crippen molar-refractivity contribution >= 4 is 35.6 Å². The van der Waals surface area contributed by atoms with Crippen LogP contribution in [0.15, 0.2) is 64.7 Å². The number of amides is 4. The molecular formula is C26H22FN3O8. The molecule has 1 aliphatic rings. The molecule has 2 heterocycles. The van der Waals surface area contributed by atoms with E-state index in [1.807, 2.05) is 0 Å². The van der Waals surface area contributed by atoms with Crippen molar-refractivity contribution in [2.45, 2.75) is 6.61 Å². The van der Waals surface area contributed by atoms with E-state index in [2.05, 4.69) is 15.4 Å². The number of hydrogen-bond donors (Lipinski definition) is 2. The number of furan rings is 1. The summed E-state index contributed by atoms with van der Waals surface area (Å²) in [6.07, 6.45) is 1.43. The van der Waals surface area contributed by atoms with Gasteiger partial charge in [0.15, 0.2) is 11.5 Å². The van der Waals surface area contributed by atoms with Crippen molar-refractivity contribution in [1.82, 2.24) is 10.2 Å². The van der Waals surface area contributed by atoms with Crippen LogP contribution in [0.25, 0.3) is 6.08 Å². The smallest absolute Gasteiger partial charge is 0.373 e. The fourth-order valence-corrected chi connectivity index (χ4v) is 3.47. The van der Waals surface area contributed by atoms with Gasteiger partial charge in [-0.15, -0.1) is 0 Å². The highest BCUT2D eigenvalue weighted by Gasteiger charge is 2.35. The van der Waals surface area contributed by atoms with E-state index < -0.39 is 36.2 Å². The number of carbonyl (C=O) groups excluding carboxylic acids is 4. The zero-order chi connectivity index (χ0) is 27.2. The van der Waals surface area contributed by atoms with Crippen molar-refractivity contribution in [3.05, 3.63) is 83.2 Å². The third-order valence-corrected chi connectivity index (χ3v) is 5.31. The van der Waals surface area contributed by atoms with E-state index in [-0.39, 0.29) is 18.1 Å². The lowest BCUT2D eigenvalue weighted by molar-refractivity contribution is -0.127. The molecule has 1 saturated heterocycles. The van der Waals surface area contributed by atoms with Crippen LogP contribution in [-0.2, 0) is 20.9 Å². The molecule has 0 radical (unpaired) electrons. The lowest BCUT2D eigenvalue weighted by atomic mass is 10.1. The zero-order valence-electron chi connectivity index (χ0n) is 20.3. The van der Waals surface area contributed by atoms with E-state index in [0.29, 0.717) is 28.5 Å². The van der Waals surface area contributed by atoms with Crippen molar-refractivity contribution in [1.29, 1.82) is 0 Å². The van der Waals surface area contributed by atoms with Gasteiger partial charge in [0, 0.05) is 5.69 Å². The van der Waals surface area contributed by atoms with E-state index in [9.17, 15) is 23.6 Å². The SMILES string of the molecule is COC(=O)c1ccc(COc2ccc(C=C3NC(=O)N(CC(=O)Nc4ccc(F)cc4)C3=O)cc2OC)o1. The summed E-state index contributed by atoms with van der Waals surface area (Å²) in [5, 5.41) is 4.94. The van der Waals surface area contributed by atoms with Gasteiger partial charge < -0.3 is 29.3 Å². The van der Waals surface area contributed by atoms with Crippen LogP contribution in [0.5, 0.6) is 11.5 Å². The van der Waals surface area contributed by atoms with E-state index in [0.717, 1.165) is 4.90 Å². The number of carbonyl (C=O) groups is 4. The van der Waals surface area contributed by atoms with Crippen LogP contribution in [0.4, 0.5) is 14.9 Å². The Labute approximate surface area is 215 Å². The largest absolute Gasteiger partial charge is 0.493 e. The Balaban J connectivity index is 1.40. The molecule has 4 rings (SSSR count). The van der Waals surface area contributed by atoms with E-state index in [1.54, 1.807) is 24.3 Å². The molecule has 38 heavy (non-hydrogen) atoms. The lowest BCUT2D eigenvalue weighted by Gasteiger charge is -2.12. The summed E-state index contributed by atoms with van der Waals surface area (Å²) in [6, 6.07) is 12.2. The van der Waals surface area contributed by atoms with Crippen LogP contribution >= 0.6 is 0 Å². The molecule has 11 nitrogen and oxygen atoms in total. The Morgan fingerprint density at radius 1 is 1.05 bits per heavy atom. The second-order valence-electron chi connectivity index (χ2n) is 7.89. The molecule has 1 fully saturated rings. The molecule has 0 bridgehead atoms. The van der Waals surface area contributed by atoms with Crippen molar-refractivity contribution in [2.24, 2.45) is 0 Å². The molecule has 1 aromatic heterocycles. The molecule has 2 N–H and O–H groups in total. The maximum absolute atomic E-state index is 13.0. The Kier molecular flexibility index (Phi) is 7.71. The fraction of sp³-hybridized carbons (Fsp3) is 0.154. The predicted octanol–water partition coefficient (Wildman–Crippen LogP) is 3.32. The van der Waals surface area contributed by atoms with Gasteiger partial charge >= 0.3 is 12.0 Å². The molecular weight excluding hydrogens is 501 g/mol. The standard InChI is InChI=1S/C26H22FN3O8/c1-35-22-12-15(3-9-20(22)37-14-18-8-10-21(38-18)25(33)36-2)11-19-24(32)30(26(34)29-19)13-23(31)28-17-6-4-16(27)5-7-17/h3-12H,13-14H2,1-2H3,(H,28,31)(H,29,34). The Bertz CT molecular complexity index is 1410. The molecule has 4 amide bonds. The number of halogens is 1. The molecule has 3 aromatic rings. The summed E-state index contributed by atoms with van der Waals surface area (Å²) >= 11 is 0. The maximum Gasteiger partial charge on any atom is 0.373 e. The average molecular weight is 523 g/mol. The summed E-state index contributed by atoms with van der Waals surface area (Å²) in [5.41, 5.74) is 0.803. The molecule has 0 unspecified atom stereocenters. The van der Waals surface area contributed by atoms with E-state index in [4.69, 9.17) is 13.9 Å². The third kappa shape index (κ3) is 5.98. The van der Waals surface area contributed by atoms with Crippen LogP contribution in [0, 0.1) is 5.82 Å². The van der Waals surface area contributed by atoms with Crippen LogP contribution in [-0.4, -0.2) is 49.5 Å². The highest BCUT2D eigenvalue weighted by atomic mass is 19.1. The molecule has 2 aromatic carbocycles. The van der Waals surface area contributed by atoms with Gasteiger partial charge in [0.25, 0.3) is 5.91 Å². The van der Waals surface area contributed by atoms with Crippen molar-refractivity contribution in [3.63, 3.8) is 0 Å². The van der Waals surface area contributed by atoms with Gasteiger partial charge in [0.1, 0.15) is 30.4 Å². The number of nitrogens with one attached hydrogen (secondary N) is 2. The average Bonchev–Trinajstić information content (AvgIpc) is 3.49. The molecule has 0 spiro atoms. The van der Waals surface area contributed by atoms with Crippen LogP contribution in [0.2, 0.25) is 0 Å². The predicted molar refractivity (Wildman–Crippen MR) is 131 cm³/mol. The number of methoxy groups -OCH3 is 2. The zero-order valence-corrected chi connectivity index (χ0v) is 20.3. The molecule has 0 saturated carbocycles.